The molecule has 20 heavy (non-hydrogen) atoms. The van der Waals surface area contributed by atoms with Crippen molar-refractivity contribution in [3.05, 3.63) is 60.7 Å². The Morgan fingerprint density at radius 3 is 0.900 bits per heavy atom. The van der Waals surface area contributed by atoms with Crippen LogP contribution in [-0.2, 0) is 0 Å². The first-order valence-electron chi connectivity index (χ1n) is 5.09. The van der Waals surface area contributed by atoms with Crippen LogP contribution < -0.4 is 24.0 Å². The molecule has 0 aromatic heterocycles. The van der Waals surface area contributed by atoms with Crippen molar-refractivity contribution in [3.8, 4) is 11.1 Å². The van der Waals surface area contributed by atoms with E-state index in [1.54, 1.807) is 0 Å². The SMILES string of the molecule is F[As-](F)(F)(F)(F)F.[I-].c1ccc(-c2ccccc2)cc1. The quantitative estimate of drug-likeness (QED) is 0.342. The topological polar surface area (TPSA) is 0 Å². The second kappa shape index (κ2) is 5.97. The van der Waals surface area contributed by atoms with Crippen molar-refractivity contribution >= 4 is 14.2 Å². The van der Waals surface area contributed by atoms with Crippen molar-refractivity contribution in [1.29, 1.82) is 0 Å². The standard InChI is InChI=1S/C12H10.AsF6.HI/c1-3-7-11(8-4-1)12-9-5-2-6-10-12;2-1(3,4,5,6)7;/h1-10H;;1H/q;-1;/p-1. The summed E-state index contributed by atoms with van der Waals surface area (Å²) in [6.45, 7) is 0. The monoisotopic (exact) mass is 470 g/mol. The van der Waals surface area contributed by atoms with E-state index in [1.165, 1.54) is 11.1 Å². The molecule has 0 saturated heterocycles. The van der Waals surface area contributed by atoms with E-state index in [0.717, 1.165) is 0 Å². The van der Waals surface area contributed by atoms with Crippen LogP contribution in [0.3, 0.4) is 0 Å². The largest absolute Gasteiger partial charge is 1.00 e. The molecule has 0 aliphatic rings. The van der Waals surface area contributed by atoms with Crippen molar-refractivity contribution < 1.29 is 44.8 Å². The second-order valence-electron chi connectivity index (χ2n) is 3.69. The Bertz CT molecular complexity index is 475. The Balaban J connectivity index is 0.000000396. The Morgan fingerprint density at radius 2 is 0.700 bits per heavy atom. The maximum Gasteiger partial charge on any atom is -0.0184 e. The summed E-state index contributed by atoms with van der Waals surface area (Å²) in [7, 11) is 0. The Kier molecular flexibility index (Phi) is 5.76. The van der Waals surface area contributed by atoms with Crippen LogP contribution in [0.4, 0.5) is 20.8 Å². The van der Waals surface area contributed by atoms with E-state index in [2.05, 4.69) is 48.5 Å². The van der Waals surface area contributed by atoms with E-state index < -0.39 is 14.2 Å². The fraction of sp³-hybridized carbons (Fsp3) is 0. The molecule has 2 aromatic carbocycles. The summed E-state index contributed by atoms with van der Waals surface area (Å²) >= 11 is -11.1. The van der Waals surface area contributed by atoms with Gasteiger partial charge in [0.2, 0.25) is 0 Å². The van der Waals surface area contributed by atoms with Gasteiger partial charge in [-0.15, -0.1) is 0 Å². The maximum atomic E-state index is 9.91. The molecule has 0 fully saturated rings. The summed E-state index contributed by atoms with van der Waals surface area (Å²) in [5.41, 5.74) is 2.55. The molecule has 0 atom stereocenters. The molecule has 2 rings (SSSR count). The van der Waals surface area contributed by atoms with Gasteiger partial charge in [0.15, 0.2) is 0 Å². The molecule has 0 radical (unpaired) electrons. The molecule has 0 aliphatic carbocycles. The summed E-state index contributed by atoms with van der Waals surface area (Å²) in [4.78, 5) is 0. The fourth-order valence-corrected chi connectivity index (χ4v) is 1.26. The minimum atomic E-state index is -11.1. The fourth-order valence-electron chi connectivity index (χ4n) is 1.26. The number of benzene rings is 2. The van der Waals surface area contributed by atoms with E-state index in [1.807, 2.05) is 12.1 Å². The van der Waals surface area contributed by atoms with Gasteiger partial charge in [0, 0.05) is 0 Å². The molecule has 0 bridgehead atoms. The third-order valence-electron chi connectivity index (χ3n) is 1.88. The third kappa shape index (κ3) is 12.3. The molecule has 0 aliphatic heterocycles. The second-order valence-corrected chi connectivity index (χ2v) is 7.71. The van der Waals surface area contributed by atoms with Gasteiger partial charge in [-0.05, 0) is 11.1 Å². The van der Waals surface area contributed by atoms with Crippen molar-refractivity contribution in [2.45, 2.75) is 0 Å². The van der Waals surface area contributed by atoms with Crippen LogP contribution in [0, 0.1) is 0 Å². The molecule has 0 amide bonds. The van der Waals surface area contributed by atoms with Gasteiger partial charge < -0.3 is 24.0 Å². The summed E-state index contributed by atoms with van der Waals surface area (Å²) < 4.78 is 59.4. The predicted molar refractivity (Wildman–Crippen MR) is 64.3 cm³/mol. The van der Waals surface area contributed by atoms with Gasteiger partial charge >= 0.3 is 35.0 Å². The van der Waals surface area contributed by atoms with Crippen molar-refractivity contribution in [1.82, 2.24) is 0 Å². The van der Waals surface area contributed by atoms with Gasteiger partial charge in [-0.25, -0.2) is 0 Å². The normalized spacial score (nSPS) is 13.9. The zero-order valence-electron chi connectivity index (χ0n) is 9.87. The van der Waals surface area contributed by atoms with Crippen LogP contribution in [-0.4, -0.2) is 14.2 Å². The van der Waals surface area contributed by atoms with Crippen LogP contribution in [0.2, 0.25) is 0 Å². The van der Waals surface area contributed by atoms with Crippen LogP contribution in [0.5, 0.6) is 0 Å². The predicted octanol–water partition coefficient (Wildman–Crippen LogP) is 2.50. The smallest absolute Gasteiger partial charge is 0.0184 e. The van der Waals surface area contributed by atoms with Crippen molar-refractivity contribution in [2.75, 3.05) is 0 Å². The molecule has 0 saturated carbocycles. The molecule has 0 unspecified atom stereocenters. The summed E-state index contributed by atoms with van der Waals surface area (Å²) in [6.07, 6.45) is 0. The summed E-state index contributed by atoms with van der Waals surface area (Å²) in [5.74, 6) is 0. The van der Waals surface area contributed by atoms with Crippen LogP contribution in [0.25, 0.3) is 11.1 Å². The number of rotatable bonds is 1. The van der Waals surface area contributed by atoms with Gasteiger partial charge in [-0.2, -0.15) is 0 Å². The van der Waals surface area contributed by atoms with E-state index in [9.17, 15) is 20.8 Å². The van der Waals surface area contributed by atoms with E-state index in [4.69, 9.17) is 0 Å². The third-order valence-corrected chi connectivity index (χ3v) is 1.88. The number of hydrogen-bond acceptors (Lipinski definition) is 0. The van der Waals surface area contributed by atoms with Crippen LogP contribution in [0.1, 0.15) is 0 Å². The Hall–Kier alpha value is -0.692. The zero-order chi connectivity index (χ0) is 14.6. The molecule has 0 N–H and O–H groups in total. The zero-order valence-corrected chi connectivity index (χ0v) is 13.9. The van der Waals surface area contributed by atoms with E-state index in [0.29, 0.717) is 0 Å². The molecule has 0 heterocycles. The number of halogens is 7. The van der Waals surface area contributed by atoms with Gasteiger partial charge in [0.25, 0.3) is 0 Å². The van der Waals surface area contributed by atoms with Crippen molar-refractivity contribution in [2.24, 2.45) is 0 Å². The first-order chi connectivity index (χ1) is 8.42. The Morgan fingerprint density at radius 1 is 0.500 bits per heavy atom. The van der Waals surface area contributed by atoms with Gasteiger partial charge in [0.05, 0.1) is 0 Å². The number of hydrogen-bond donors (Lipinski definition) is 0. The van der Waals surface area contributed by atoms with Crippen LogP contribution in [0.15, 0.2) is 60.7 Å². The van der Waals surface area contributed by atoms with E-state index in [-0.39, 0.29) is 24.0 Å². The Labute approximate surface area is 130 Å². The minimum absolute atomic E-state index is 0. The molecular formula is C12H10AsF6I-2. The molecule has 2 aromatic rings. The summed E-state index contributed by atoms with van der Waals surface area (Å²) in [5, 5.41) is 0. The molecule has 0 spiro atoms. The van der Waals surface area contributed by atoms with Gasteiger partial charge in [-0.3, -0.25) is 0 Å². The first-order valence-corrected chi connectivity index (χ1v) is 9.34. The van der Waals surface area contributed by atoms with Gasteiger partial charge in [-0.1, -0.05) is 60.7 Å². The molecular weight excluding hydrogens is 460 g/mol. The molecule has 114 valence electrons. The maximum absolute atomic E-state index is 11.1. The van der Waals surface area contributed by atoms with Crippen molar-refractivity contribution in [3.63, 3.8) is 0 Å². The first kappa shape index (κ1) is 19.3. The van der Waals surface area contributed by atoms with Gasteiger partial charge in [0.1, 0.15) is 0 Å². The minimum Gasteiger partial charge on any atom is -1.00 e. The molecule has 8 heteroatoms. The van der Waals surface area contributed by atoms with Crippen LogP contribution >= 0.6 is 0 Å². The van der Waals surface area contributed by atoms with E-state index >= 15 is 0 Å². The average molecular weight is 470 g/mol. The summed E-state index contributed by atoms with van der Waals surface area (Å²) in [6, 6.07) is 20.8. The average Bonchev–Trinajstić information content (AvgIpc) is 2.27. The molecule has 0 nitrogen and oxygen atoms in total.